The summed E-state index contributed by atoms with van der Waals surface area (Å²) >= 11 is 0. The van der Waals surface area contributed by atoms with E-state index in [2.05, 4.69) is 69.6 Å². The molecule has 2 unspecified atom stereocenters. The molecular weight excluding hydrogens is 1000 g/mol. The van der Waals surface area contributed by atoms with E-state index in [0.29, 0.717) is 23.9 Å². The molecule has 4 heterocycles. The molecule has 0 aliphatic carbocycles. The van der Waals surface area contributed by atoms with Gasteiger partial charge in [-0.1, -0.05) is 67.4 Å². The number of hydrogen-bond donors (Lipinski definition) is 1. The molecule has 6 aromatic rings. The van der Waals surface area contributed by atoms with Crippen LogP contribution in [-0.4, -0.2) is 108 Å². The molecule has 4 atom stereocenters. The number of amides is 1. The molecule has 0 spiro atoms. The molecule has 3 fully saturated rings. The van der Waals surface area contributed by atoms with Gasteiger partial charge in [0.15, 0.2) is 12.9 Å². The fraction of sp³-hybridized carbons (Fsp3) is 0.424. The smallest absolute Gasteiger partial charge is 0.344 e. The Morgan fingerprint density at radius 3 is 2.08 bits per heavy atom. The first-order chi connectivity index (χ1) is 37.5. The Bertz CT molecular complexity index is 2840. The van der Waals surface area contributed by atoms with Gasteiger partial charge in [0.1, 0.15) is 53.7 Å². The summed E-state index contributed by atoms with van der Waals surface area (Å²) in [5.74, 6) is 0.693. The summed E-state index contributed by atoms with van der Waals surface area (Å²) in [5, 5.41) is 4.24. The molecule has 9 rings (SSSR count). The molecular formula is C59H71F2N7O8S. The Morgan fingerprint density at radius 1 is 0.792 bits per heavy atom. The van der Waals surface area contributed by atoms with E-state index in [1.54, 1.807) is 6.92 Å². The van der Waals surface area contributed by atoms with E-state index in [4.69, 9.17) is 28.4 Å². The van der Waals surface area contributed by atoms with Crippen LogP contribution in [0.2, 0.25) is 0 Å². The number of esters is 1. The molecule has 0 saturated carbocycles. The van der Waals surface area contributed by atoms with Gasteiger partial charge in [0.05, 0.1) is 32.4 Å². The number of hydrogen-bond acceptors (Lipinski definition) is 13. The minimum Gasteiger partial charge on any atom is -0.494 e. The SMILES string of the molecule is CCCCCCCCOc1ccc(NS2(c3ccc(N4CCN(c5ccc(OC[C@H]6OC[C@](Cn7cncn7)(c7ccc(F)cc7F)O6)cc5)CC4)cc3)CC(c3ccc(OCC(=O)OCC)cc3)N(C(C)C)C2=O)cc1. The van der Waals surface area contributed by atoms with Gasteiger partial charge in [0.2, 0.25) is 0 Å². The van der Waals surface area contributed by atoms with Gasteiger partial charge in [-0.2, -0.15) is 5.10 Å². The number of halogens is 2. The van der Waals surface area contributed by atoms with E-state index in [-0.39, 0.29) is 55.9 Å². The van der Waals surface area contributed by atoms with E-state index in [9.17, 15) is 9.18 Å². The number of anilines is 3. The Hall–Kier alpha value is -6.89. The first-order valence-electron chi connectivity index (χ1n) is 26.9. The molecule has 1 aromatic heterocycles. The Morgan fingerprint density at radius 2 is 1.43 bits per heavy atom. The van der Waals surface area contributed by atoms with Crippen molar-refractivity contribution in [1.29, 1.82) is 0 Å². The molecule has 3 aliphatic heterocycles. The summed E-state index contributed by atoms with van der Waals surface area (Å²) in [5.41, 5.74) is 2.89. The normalized spacial score (nSPS) is 21.3. The molecule has 0 bridgehead atoms. The van der Waals surface area contributed by atoms with Crippen molar-refractivity contribution in [3.05, 3.63) is 151 Å². The summed E-state index contributed by atoms with van der Waals surface area (Å²) < 4.78 is 69.7. The summed E-state index contributed by atoms with van der Waals surface area (Å²) in [4.78, 5) is 39.0. The lowest BCUT2D eigenvalue weighted by Gasteiger charge is -2.38. The first kappa shape index (κ1) is 54.9. The second-order valence-electron chi connectivity index (χ2n) is 19.9. The van der Waals surface area contributed by atoms with Crippen molar-refractivity contribution >= 4 is 38.5 Å². The van der Waals surface area contributed by atoms with Crippen molar-refractivity contribution in [2.45, 2.75) is 102 Å². The molecule has 3 aliphatic rings. The monoisotopic (exact) mass is 1080 g/mol. The van der Waals surface area contributed by atoms with Crippen LogP contribution in [0.15, 0.2) is 133 Å². The number of aromatic nitrogens is 3. The minimum atomic E-state index is -2.36. The van der Waals surface area contributed by atoms with Crippen LogP contribution in [0.25, 0.3) is 0 Å². The molecule has 18 heteroatoms. The average Bonchev–Trinajstić information content (AvgIpc) is 4.31. The topological polar surface area (TPSA) is 142 Å². The van der Waals surface area contributed by atoms with Crippen molar-refractivity contribution in [2.75, 3.05) is 79.5 Å². The maximum absolute atomic E-state index is 15.3. The lowest BCUT2D eigenvalue weighted by Crippen LogP contribution is -2.46. The van der Waals surface area contributed by atoms with Gasteiger partial charge in [-0.25, -0.2) is 23.2 Å². The molecule has 1 amide bonds. The van der Waals surface area contributed by atoms with Crippen LogP contribution in [0.3, 0.4) is 0 Å². The van der Waals surface area contributed by atoms with Crippen LogP contribution in [0.4, 0.5) is 30.6 Å². The van der Waals surface area contributed by atoms with Crippen LogP contribution in [0.5, 0.6) is 17.2 Å². The Labute approximate surface area is 452 Å². The maximum Gasteiger partial charge on any atom is 0.344 e. The standard InChI is InChI=1S/C59H71F2N7O8S/c1-5-7-8-9-10-11-34-72-49-23-15-46(16-24-49)64-77(38-55(68(43(3)4)58(77)70)44-12-21-50(22-13-44)73-36-56(69)71-6-2)52-27-19-48(20-28-52)66-32-30-65(31-33-66)47-17-25-51(26-18-47)74-37-57-75-40-59(76-57,39-67-42-62-41-63-67)53-29-14-45(60)35-54(53)61/h12-29,35,41-43,55,57,64H,5-11,30-34,36-40H2,1-4H3/t55?,57-,59+/m0/s1. The number of ether oxygens (including phenoxy) is 6. The van der Waals surface area contributed by atoms with E-state index < -0.39 is 39.7 Å². The third-order valence-corrected chi connectivity index (χ3v) is 17.6. The predicted molar refractivity (Wildman–Crippen MR) is 295 cm³/mol. The highest BCUT2D eigenvalue weighted by Gasteiger charge is 2.51. The van der Waals surface area contributed by atoms with E-state index in [1.165, 1.54) is 55.2 Å². The molecule has 77 heavy (non-hydrogen) atoms. The lowest BCUT2D eigenvalue weighted by molar-refractivity contribution is -0.145. The highest BCUT2D eigenvalue weighted by molar-refractivity contribution is 8.46. The average molecular weight is 1080 g/mol. The minimum absolute atomic E-state index is 0.00916. The van der Waals surface area contributed by atoms with Crippen LogP contribution in [0.1, 0.15) is 83.4 Å². The molecule has 15 nitrogen and oxygen atoms in total. The highest BCUT2D eigenvalue weighted by Crippen LogP contribution is 2.65. The summed E-state index contributed by atoms with van der Waals surface area (Å²) in [6, 6.07) is 35.3. The highest BCUT2D eigenvalue weighted by atomic mass is 32.3. The number of nitrogens with one attached hydrogen (secondary N) is 1. The first-order valence-corrected chi connectivity index (χ1v) is 28.7. The molecule has 1 N–H and O–H groups in total. The van der Waals surface area contributed by atoms with Crippen molar-refractivity contribution < 1.29 is 46.8 Å². The Kier molecular flexibility index (Phi) is 18.2. The van der Waals surface area contributed by atoms with Crippen LogP contribution in [-0.2, 0) is 31.2 Å². The quantitative estimate of drug-likeness (QED) is 0.0430. The van der Waals surface area contributed by atoms with Crippen LogP contribution < -0.4 is 28.7 Å². The number of unbranched alkanes of at least 4 members (excludes halogenated alkanes) is 5. The van der Waals surface area contributed by atoms with Crippen molar-refractivity contribution in [2.24, 2.45) is 0 Å². The zero-order valence-corrected chi connectivity index (χ0v) is 45.3. The zero-order chi connectivity index (χ0) is 53.8. The van der Waals surface area contributed by atoms with E-state index in [1.807, 2.05) is 77.7 Å². The number of carbonyl (C=O) groups excluding carboxylic acids is 2. The molecule has 3 saturated heterocycles. The van der Waals surface area contributed by atoms with Crippen molar-refractivity contribution in [3.8, 4) is 17.2 Å². The lowest BCUT2D eigenvalue weighted by atomic mass is 9.94. The summed E-state index contributed by atoms with van der Waals surface area (Å²) in [7, 11) is -2.36. The number of rotatable bonds is 25. The fourth-order valence-electron chi connectivity index (χ4n) is 10.3. The predicted octanol–water partition coefficient (Wildman–Crippen LogP) is 11.7. The molecule has 0 radical (unpaired) electrons. The van der Waals surface area contributed by atoms with E-state index >= 15 is 9.18 Å². The largest absolute Gasteiger partial charge is 0.494 e. The number of piperazine rings is 1. The summed E-state index contributed by atoms with van der Waals surface area (Å²) in [6.45, 7) is 12.3. The van der Waals surface area contributed by atoms with Gasteiger partial charge < -0.3 is 47.8 Å². The maximum atomic E-state index is 15.3. The van der Waals surface area contributed by atoms with Crippen molar-refractivity contribution in [3.63, 3.8) is 0 Å². The van der Waals surface area contributed by atoms with Crippen molar-refractivity contribution in [1.82, 2.24) is 19.7 Å². The fourth-order valence-corrected chi connectivity index (χ4v) is 13.8. The van der Waals surface area contributed by atoms with Crippen LogP contribution >= 0.6 is 10.2 Å². The van der Waals surface area contributed by atoms with Crippen LogP contribution in [0, 0.1) is 11.6 Å². The Balaban J connectivity index is 0.847. The molecule has 410 valence electrons. The van der Waals surface area contributed by atoms with Gasteiger partial charge in [0.25, 0.3) is 5.24 Å². The number of carbonyl (C=O) groups is 2. The second kappa shape index (κ2) is 25.5. The van der Waals surface area contributed by atoms with Gasteiger partial charge in [0, 0.05) is 71.6 Å². The number of nitrogens with zero attached hydrogens (tertiary/aromatic N) is 6. The number of benzene rings is 5. The second-order valence-corrected chi connectivity index (χ2v) is 22.8. The summed E-state index contributed by atoms with van der Waals surface area (Å²) in [6.07, 6.45) is 9.25. The van der Waals surface area contributed by atoms with Gasteiger partial charge >= 0.3 is 5.97 Å². The van der Waals surface area contributed by atoms with Gasteiger partial charge in [-0.15, -0.1) is 0 Å². The van der Waals surface area contributed by atoms with Gasteiger partial charge in [-0.05, 0) is 124 Å². The van der Waals surface area contributed by atoms with Gasteiger partial charge in [-0.3, -0.25) is 4.79 Å². The third kappa shape index (κ3) is 13.3. The van der Waals surface area contributed by atoms with E-state index in [0.717, 1.165) is 78.4 Å². The molecule has 5 aromatic carbocycles. The zero-order valence-electron chi connectivity index (χ0n) is 44.5. The third-order valence-electron chi connectivity index (χ3n) is 14.3.